The van der Waals surface area contributed by atoms with Crippen molar-refractivity contribution in [1.82, 2.24) is 15.2 Å². The summed E-state index contributed by atoms with van der Waals surface area (Å²) in [7, 11) is 0. The number of rotatable bonds is 4. The first-order valence-corrected chi connectivity index (χ1v) is 6.33. The van der Waals surface area contributed by atoms with Gasteiger partial charge in [0.25, 0.3) is 0 Å². The molecular weight excluding hydrogens is 252 g/mol. The molecule has 0 amide bonds. The van der Waals surface area contributed by atoms with Crippen molar-refractivity contribution >= 4 is 5.69 Å². The first-order valence-electron chi connectivity index (χ1n) is 6.33. The van der Waals surface area contributed by atoms with Crippen LogP contribution in [0.5, 0.6) is 0 Å². The molecule has 5 nitrogen and oxygen atoms in total. The van der Waals surface area contributed by atoms with Gasteiger partial charge in [-0.15, -0.1) is 10.2 Å². The third kappa shape index (κ3) is 2.66. The third-order valence-electron chi connectivity index (χ3n) is 3.12. The highest BCUT2D eigenvalue weighted by atomic mass is 16.4. The topological polar surface area (TPSA) is 63.8 Å². The molecule has 0 radical (unpaired) electrons. The minimum Gasteiger partial charge on any atom is -0.423 e. The van der Waals surface area contributed by atoms with Gasteiger partial charge in [0.05, 0.1) is 0 Å². The van der Waals surface area contributed by atoms with Crippen LogP contribution in [-0.2, 0) is 6.54 Å². The Morgan fingerprint density at radius 1 is 1.15 bits per heavy atom. The summed E-state index contributed by atoms with van der Waals surface area (Å²) in [5.74, 6) is 0.527. The van der Waals surface area contributed by atoms with Gasteiger partial charge in [0.2, 0.25) is 12.3 Å². The lowest BCUT2D eigenvalue weighted by Crippen LogP contribution is -2.01. The van der Waals surface area contributed by atoms with Gasteiger partial charge in [-0.1, -0.05) is 0 Å². The Hall–Kier alpha value is -2.69. The standard InChI is InChI=1S/C15H14N4O/c1-11-6-7-16-8-13(11)9-17-14-4-2-12(3-5-14)15-19-18-10-20-15/h2-8,10,17H,9H2,1H3. The van der Waals surface area contributed by atoms with E-state index in [9.17, 15) is 0 Å². The van der Waals surface area contributed by atoms with E-state index >= 15 is 0 Å². The van der Waals surface area contributed by atoms with E-state index in [-0.39, 0.29) is 0 Å². The smallest absolute Gasteiger partial charge is 0.247 e. The van der Waals surface area contributed by atoms with E-state index in [4.69, 9.17) is 4.42 Å². The maximum absolute atomic E-state index is 5.15. The summed E-state index contributed by atoms with van der Waals surface area (Å²) < 4.78 is 5.15. The Bertz CT molecular complexity index is 677. The van der Waals surface area contributed by atoms with Gasteiger partial charge in [0.1, 0.15) is 0 Å². The quantitative estimate of drug-likeness (QED) is 0.786. The van der Waals surface area contributed by atoms with Crippen LogP contribution in [0.1, 0.15) is 11.1 Å². The molecule has 0 fully saturated rings. The zero-order valence-electron chi connectivity index (χ0n) is 11.1. The van der Waals surface area contributed by atoms with Crippen molar-refractivity contribution in [3.8, 4) is 11.5 Å². The molecule has 2 heterocycles. The fraction of sp³-hybridized carbons (Fsp3) is 0.133. The molecule has 3 aromatic rings. The number of aromatic nitrogens is 3. The fourth-order valence-electron chi connectivity index (χ4n) is 1.91. The maximum Gasteiger partial charge on any atom is 0.247 e. The third-order valence-corrected chi connectivity index (χ3v) is 3.12. The summed E-state index contributed by atoms with van der Waals surface area (Å²) >= 11 is 0. The van der Waals surface area contributed by atoms with E-state index in [0.717, 1.165) is 17.8 Å². The lowest BCUT2D eigenvalue weighted by molar-refractivity contribution is 0.568. The Balaban J connectivity index is 1.68. The average molecular weight is 266 g/mol. The number of hydrogen-bond acceptors (Lipinski definition) is 5. The zero-order valence-corrected chi connectivity index (χ0v) is 11.1. The largest absolute Gasteiger partial charge is 0.423 e. The van der Waals surface area contributed by atoms with Crippen molar-refractivity contribution in [3.05, 3.63) is 60.2 Å². The first-order chi connectivity index (χ1) is 9.83. The van der Waals surface area contributed by atoms with E-state index in [1.807, 2.05) is 36.5 Å². The molecule has 0 saturated heterocycles. The van der Waals surface area contributed by atoms with Gasteiger partial charge in [0, 0.05) is 30.2 Å². The number of nitrogens with zero attached hydrogens (tertiary/aromatic N) is 3. The number of benzene rings is 1. The van der Waals surface area contributed by atoms with Crippen LogP contribution in [0.2, 0.25) is 0 Å². The summed E-state index contributed by atoms with van der Waals surface area (Å²) in [4.78, 5) is 4.14. The molecule has 0 atom stereocenters. The summed E-state index contributed by atoms with van der Waals surface area (Å²) in [6.45, 7) is 2.83. The fourth-order valence-corrected chi connectivity index (χ4v) is 1.91. The molecule has 1 N–H and O–H groups in total. The average Bonchev–Trinajstić information content (AvgIpc) is 3.01. The number of hydrogen-bond donors (Lipinski definition) is 1. The van der Waals surface area contributed by atoms with E-state index in [2.05, 4.69) is 27.4 Å². The zero-order chi connectivity index (χ0) is 13.8. The van der Waals surface area contributed by atoms with Crippen LogP contribution in [0.3, 0.4) is 0 Å². The predicted molar refractivity (Wildman–Crippen MR) is 76.0 cm³/mol. The molecule has 0 unspecified atom stereocenters. The normalized spacial score (nSPS) is 10.4. The van der Waals surface area contributed by atoms with Crippen molar-refractivity contribution in [1.29, 1.82) is 0 Å². The van der Waals surface area contributed by atoms with Gasteiger partial charge in [-0.3, -0.25) is 4.98 Å². The van der Waals surface area contributed by atoms with Crippen LogP contribution < -0.4 is 5.32 Å². The monoisotopic (exact) mass is 266 g/mol. The number of nitrogens with one attached hydrogen (secondary N) is 1. The summed E-state index contributed by atoms with van der Waals surface area (Å²) in [6, 6.07) is 9.89. The molecule has 3 rings (SSSR count). The minimum atomic E-state index is 0.527. The predicted octanol–water partition coefficient (Wildman–Crippen LogP) is 3.05. The molecular formula is C15H14N4O. The molecule has 0 aliphatic carbocycles. The van der Waals surface area contributed by atoms with Gasteiger partial charge in [0.15, 0.2) is 0 Å². The summed E-state index contributed by atoms with van der Waals surface area (Å²) in [5, 5.41) is 10.9. The Kier molecular flexibility index (Phi) is 3.41. The molecule has 20 heavy (non-hydrogen) atoms. The molecule has 2 aromatic heterocycles. The number of pyridine rings is 1. The van der Waals surface area contributed by atoms with Crippen molar-refractivity contribution in [3.63, 3.8) is 0 Å². The van der Waals surface area contributed by atoms with Crippen molar-refractivity contribution in [2.45, 2.75) is 13.5 Å². The van der Waals surface area contributed by atoms with E-state index < -0.39 is 0 Å². The second-order valence-electron chi connectivity index (χ2n) is 4.48. The highest BCUT2D eigenvalue weighted by molar-refractivity contribution is 5.58. The SMILES string of the molecule is Cc1ccncc1CNc1ccc(-c2nnco2)cc1. The van der Waals surface area contributed by atoms with E-state index in [1.165, 1.54) is 17.5 Å². The van der Waals surface area contributed by atoms with Crippen LogP contribution in [0.15, 0.2) is 53.5 Å². The van der Waals surface area contributed by atoms with Gasteiger partial charge >= 0.3 is 0 Å². The second kappa shape index (κ2) is 5.52. The van der Waals surface area contributed by atoms with Gasteiger partial charge < -0.3 is 9.73 Å². The first kappa shape index (κ1) is 12.3. The molecule has 0 aliphatic heterocycles. The van der Waals surface area contributed by atoms with Crippen molar-refractivity contribution < 1.29 is 4.42 Å². The molecule has 1 aromatic carbocycles. The molecule has 5 heteroatoms. The maximum atomic E-state index is 5.15. The van der Waals surface area contributed by atoms with Crippen LogP contribution in [0, 0.1) is 6.92 Å². The molecule has 0 bridgehead atoms. The van der Waals surface area contributed by atoms with Crippen molar-refractivity contribution in [2.24, 2.45) is 0 Å². The van der Waals surface area contributed by atoms with Crippen LogP contribution in [0.25, 0.3) is 11.5 Å². The van der Waals surface area contributed by atoms with Gasteiger partial charge in [-0.25, -0.2) is 0 Å². The highest BCUT2D eigenvalue weighted by Gasteiger charge is 2.03. The lowest BCUT2D eigenvalue weighted by atomic mass is 10.1. The highest BCUT2D eigenvalue weighted by Crippen LogP contribution is 2.19. The summed E-state index contributed by atoms with van der Waals surface area (Å²) in [6.07, 6.45) is 5.01. The molecule has 100 valence electrons. The molecule has 0 saturated carbocycles. The van der Waals surface area contributed by atoms with Gasteiger partial charge in [-0.05, 0) is 48.4 Å². The minimum absolute atomic E-state index is 0.527. The van der Waals surface area contributed by atoms with Crippen LogP contribution in [-0.4, -0.2) is 15.2 Å². The summed E-state index contributed by atoms with van der Waals surface area (Å²) in [5.41, 5.74) is 4.37. The Labute approximate surface area is 116 Å². The van der Waals surface area contributed by atoms with Crippen LogP contribution >= 0.6 is 0 Å². The number of aryl methyl sites for hydroxylation is 1. The van der Waals surface area contributed by atoms with Gasteiger partial charge in [-0.2, -0.15) is 0 Å². The molecule has 0 spiro atoms. The molecule has 0 aliphatic rings. The Morgan fingerprint density at radius 3 is 2.70 bits per heavy atom. The number of anilines is 1. The second-order valence-corrected chi connectivity index (χ2v) is 4.48. The lowest BCUT2D eigenvalue weighted by Gasteiger charge is -2.08. The van der Waals surface area contributed by atoms with E-state index in [1.54, 1.807) is 6.20 Å². The van der Waals surface area contributed by atoms with E-state index in [0.29, 0.717) is 5.89 Å². The van der Waals surface area contributed by atoms with Crippen LogP contribution in [0.4, 0.5) is 5.69 Å². The van der Waals surface area contributed by atoms with Crippen molar-refractivity contribution in [2.75, 3.05) is 5.32 Å². The Morgan fingerprint density at radius 2 is 2.00 bits per heavy atom.